The van der Waals surface area contributed by atoms with Gasteiger partial charge in [-0.1, -0.05) is 0 Å². The third-order valence-corrected chi connectivity index (χ3v) is 2.30. The minimum absolute atomic E-state index is 0.111. The van der Waals surface area contributed by atoms with Gasteiger partial charge in [-0.3, -0.25) is 16.5 Å². The van der Waals surface area contributed by atoms with Crippen molar-refractivity contribution in [2.24, 2.45) is 43.8 Å². The molecular weight excluding hydrogens is 488 g/mol. The van der Waals surface area contributed by atoms with Crippen molar-refractivity contribution in [2.45, 2.75) is 80.6 Å². The molecule has 0 spiro atoms. The number of carbonyl (C=O) groups excluding carboxylic acids is 2. The number of hydrogen-bond acceptors (Lipinski definition) is 18. The molecule has 0 atom stereocenters. The van der Waals surface area contributed by atoms with Crippen LogP contribution in [0.4, 0.5) is 0 Å². The molecule has 0 amide bonds. The summed E-state index contributed by atoms with van der Waals surface area (Å²) >= 11 is 0. The number of hydrogen-bond donors (Lipinski definition) is 12. The van der Waals surface area contributed by atoms with E-state index in [0.29, 0.717) is 0 Å². The average Bonchev–Trinajstić information content (AvgIpc) is 2.78. The zero-order chi connectivity index (χ0) is 30.6. The summed E-state index contributed by atoms with van der Waals surface area (Å²) in [5.74, 6) is 16.8. The number of aliphatic hydroxyl groups excluding tert-OH is 4. The molecule has 18 nitrogen and oxygen atoms in total. The summed E-state index contributed by atoms with van der Waals surface area (Å²) in [5.41, 5.74) is 1.20. The molecule has 0 aromatic carbocycles. The number of rotatable bonds is 5. The summed E-state index contributed by atoms with van der Waals surface area (Å²) in [6.45, 7) is 12.1. The zero-order valence-corrected chi connectivity index (χ0v) is 21.8. The fourth-order valence-electron chi connectivity index (χ4n) is 0.364. The second-order valence-corrected chi connectivity index (χ2v) is 6.34. The first-order valence-electron chi connectivity index (χ1n) is 9.57. The molecule has 0 aliphatic carbocycles. The van der Waals surface area contributed by atoms with E-state index in [9.17, 15) is 9.59 Å². The SMILES string of the molecule is C/C(=N/N)C(O)O.C/C(=N/N)C(O)O.CC(=O)C(O)O.CC(C)=N/N=C(\C)C(O)O.CC(C)=O.NN. The van der Waals surface area contributed by atoms with Gasteiger partial charge in [0.05, 0.1) is 17.1 Å². The third-order valence-electron chi connectivity index (χ3n) is 2.30. The monoisotopic (exact) mass is 532 g/mol. The van der Waals surface area contributed by atoms with E-state index in [4.69, 9.17) is 40.9 Å². The van der Waals surface area contributed by atoms with E-state index in [1.807, 2.05) is 0 Å². The number of nitrogens with zero attached hydrogens (tertiary/aromatic N) is 4. The van der Waals surface area contributed by atoms with E-state index in [1.54, 1.807) is 13.8 Å². The highest BCUT2D eigenvalue weighted by Gasteiger charge is 2.00. The zero-order valence-electron chi connectivity index (χ0n) is 21.8. The van der Waals surface area contributed by atoms with Crippen LogP contribution in [0.2, 0.25) is 0 Å². The van der Waals surface area contributed by atoms with Gasteiger partial charge in [0.25, 0.3) is 0 Å². The van der Waals surface area contributed by atoms with Gasteiger partial charge in [0.15, 0.2) is 24.7 Å². The third kappa shape index (κ3) is 57.7. The smallest absolute Gasteiger partial charge is 0.212 e. The van der Waals surface area contributed by atoms with Crippen molar-refractivity contribution in [3.8, 4) is 0 Å². The van der Waals surface area contributed by atoms with Crippen molar-refractivity contribution in [1.82, 2.24) is 0 Å². The summed E-state index contributed by atoms with van der Waals surface area (Å²) in [6, 6.07) is 0. The van der Waals surface area contributed by atoms with Crippen molar-refractivity contribution < 1.29 is 50.4 Å². The molecule has 216 valence electrons. The van der Waals surface area contributed by atoms with Gasteiger partial charge < -0.3 is 57.3 Å². The molecule has 0 rings (SSSR count). The first-order chi connectivity index (χ1) is 16.3. The minimum Gasteiger partial charge on any atom is -0.363 e. The summed E-state index contributed by atoms with van der Waals surface area (Å²) < 4.78 is 0. The number of hydrazone groups is 2. The Balaban J connectivity index is -0.0000000787. The predicted molar refractivity (Wildman–Crippen MR) is 135 cm³/mol. The lowest BCUT2D eigenvalue weighted by molar-refractivity contribution is -0.142. The first-order valence-corrected chi connectivity index (χ1v) is 9.57. The fourth-order valence-corrected chi connectivity index (χ4v) is 0.364. The molecule has 36 heavy (non-hydrogen) atoms. The van der Waals surface area contributed by atoms with E-state index < -0.39 is 30.9 Å². The summed E-state index contributed by atoms with van der Waals surface area (Å²) in [5, 5.41) is 78.5. The Morgan fingerprint density at radius 3 is 0.833 bits per heavy atom. The highest BCUT2D eigenvalue weighted by Crippen LogP contribution is 1.85. The standard InChI is InChI=1S/C6H12N2O2.2C3H8N2O2.C3H6O3.C3H6O.H4N2/c1-4(2)7-8-5(3)6(9)10;2*1-2(5-4)3(6)7;1-2(4)3(5)6;1-3(2)4;1-2/h6,9-10H,1-3H3;2*3,6-7H,4H2,1H3;3,5-6H,1H3;1-2H3;1-2H2/b8-5+;2*5-2-;;;. The van der Waals surface area contributed by atoms with E-state index in [-0.39, 0.29) is 22.9 Å². The molecule has 0 fully saturated rings. The molecule has 0 radical (unpaired) electrons. The number of nitrogens with two attached hydrogens (primary N) is 4. The maximum atomic E-state index is 9.64. The normalized spacial score (nSPS) is 10.8. The summed E-state index contributed by atoms with van der Waals surface area (Å²) in [4.78, 5) is 19.1. The van der Waals surface area contributed by atoms with Gasteiger partial charge in [0, 0.05) is 5.71 Å². The van der Waals surface area contributed by atoms with Crippen molar-refractivity contribution in [1.29, 1.82) is 0 Å². The minimum atomic E-state index is -1.79. The lowest BCUT2D eigenvalue weighted by atomic mass is 10.4. The number of aliphatic hydroxyl groups is 8. The van der Waals surface area contributed by atoms with Crippen LogP contribution >= 0.6 is 0 Å². The van der Waals surface area contributed by atoms with Gasteiger partial charge in [-0.25, -0.2) is 0 Å². The van der Waals surface area contributed by atoms with Crippen molar-refractivity contribution in [3.05, 3.63) is 0 Å². The number of Topliss-reactive ketones (excluding diaryl/α,β-unsaturated/α-hetero) is 2. The maximum absolute atomic E-state index is 9.64. The molecular formula is C18H44N8O10. The number of carbonyl (C=O) groups is 2. The van der Waals surface area contributed by atoms with Crippen LogP contribution in [0.25, 0.3) is 0 Å². The summed E-state index contributed by atoms with van der Waals surface area (Å²) in [7, 11) is 0. The van der Waals surface area contributed by atoms with Gasteiger partial charge in [-0.2, -0.15) is 20.4 Å². The Morgan fingerprint density at radius 1 is 0.528 bits per heavy atom. The Labute approximate surface area is 209 Å². The van der Waals surface area contributed by atoms with Crippen LogP contribution in [-0.4, -0.2) is 100 Å². The Kier molecular flexibility index (Phi) is 41.7. The van der Waals surface area contributed by atoms with Gasteiger partial charge in [-0.05, 0) is 55.4 Å². The molecule has 0 unspecified atom stereocenters. The molecule has 0 aromatic heterocycles. The van der Waals surface area contributed by atoms with Crippen LogP contribution in [0.1, 0.15) is 55.4 Å². The summed E-state index contributed by atoms with van der Waals surface area (Å²) in [6.07, 6.45) is -6.30. The largest absolute Gasteiger partial charge is 0.363 e. The van der Waals surface area contributed by atoms with Gasteiger partial charge in [-0.15, -0.1) is 0 Å². The molecule has 0 saturated heterocycles. The number of ketones is 2. The topological polar surface area (TPSA) is 349 Å². The van der Waals surface area contributed by atoms with Crippen LogP contribution in [0.3, 0.4) is 0 Å². The Morgan fingerprint density at radius 2 is 0.750 bits per heavy atom. The highest BCUT2D eigenvalue weighted by molar-refractivity contribution is 5.86. The quantitative estimate of drug-likeness (QED) is 0.0689. The Bertz CT molecular complexity index is 634. The van der Waals surface area contributed by atoms with Crippen molar-refractivity contribution >= 4 is 34.4 Å². The van der Waals surface area contributed by atoms with Crippen LogP contribution in [0.15, 0.2) is 20.4 Å². The molecule has 0 aromatic rings. The van der Waals surface area contributed by atoms with Crippen molar-refractivity contribution in [3.63, 3.8) is 0 Å². The van der Waals surface area contributed by atoms with Gasteiger partial charge in [0.2, 0.25) is 6.29 Å². The second-order valence-electron chi connectivity index (χ2n) is 6.34. The maximum Gasteiger partial charge on any atom is 0.212 e. The fraction of sp³-hybridized carbons (Fsp3) is 0.667. The lowest BCUT2D eigenvalue weighted by Crippen LogP contribution is -2.17. The molecule has 16 N–H and O–H groups in total. The predicted octanol–water partition coefficient (Wildman–Crippen LogP) is -4.28. The average molecular weight is 533 g/mol. The second kappa shape index (κ2) is 32.2. The lowest BCUT2D eigenvalue weighted by Gasteiger charge is -1.97. The van der Waals surface area contributed by atoms with Crippen LogP contribution < -0.4 is 23.4 Å². The molecule has 0 aliphatic rings. The van der Waals surface area contributed by atoms with Gasteiger partial charge >= 0.3 is 0 Å². The van der Waals surface area contributed by atoms with Crippen LogP contribution in [0.5, 0.6) is 0 Å². The number of hydrazine groups is 1. The Hall–Kier alpha value is -2.78. The van der Waals surface area contributed by atoms with E-state index in [2.05, 4.69) is 43.8 Å². The molecule has 0 heterocycles. The van der Waals surface area contributed by atoms with Gasteiger partial charge in [0.1, 0.15) is 5.78 Å². The van der Waals surface area contributed by atoms with Crippen LogP contribution in [0, 0.1) is 0 Å². The molecule has 0 saturated carbocycles. The van der Waals surface area contributed by atoms with Crippen molar-refractivity contribution in [2.75, 3.05) is 0 Å². The molecule has 0 bridgehead atoms. The molecule has 18 heteroatoms. The highest BCUT2D eigenvalue weighted by atomic mass is 16.5. The van der Waals surface area contributed by atoms with E-state index in [1.165, 1.54) is 34.6 Å². The van der Waals surface area contributed by atoms with E-state index >= 15 is 0 Å². The van der Waals surface area contributed by atoms with Crippen LogP contribution in [-0.2, 0) is 9.59 Å². The first kappa shape index (κ1) is 46.5. The molecule has 0 aliphatic heterocycles. The van der Waals surface area contributed by atoms with E-state index in [0.717, 1.165) is 12.6 Å².